The average Bonchev–Trinajstić information content (AvgIpc) is 2.66. The molecule has 1 aromatic carbocycles. The molecule has 0 aromatic heterocycles. The number of rotatable bonds is 5. The summed E-state index contributed by atoms with van der Waals surface area (Å²) in [6.07, 6.45) is 5.46. The van der Waals surface area contributed by atoms with E-state index in [4.69, 9.17) is 11.6 Å². The number of halogens is 2. The zero-order valence-corrected chi connectivity index (χ0v) is 16.8. The number of carbonyl (C=O) groups excluding carboxylic acids is 2. The molecule has 2 aliphatic rings. The van der Waals surface area contributed by atoms with Gasteiger partial charge in [0.05, 0.1) is 6.54 Å². The lowest BCUT2D eigenvalue weighted by Crippen LogP contribution is -2.51. The predicted octanol–water partition coefficient (Wildman–Crippen LogP) is 2.76. The summed E-state index contributed by atoms with van der Waals surface area (Å²) < 4.78 is 13.1. The van der Waals surface area contributed by atoms with Crippen molar-refractivity contribution in [2.75, 3.05) is 32.7 Å². The summed E-state index contributed by atoms with van der Waals surface area (Å²) in [5.41, 5.74) is 0.897. The van der Waals surface area contributed by atoms with Crippen LogP contribution in [0.5, 0.6) is 0 Å². The lowest BCUT2D eigenvalue weighted by atomic mass is 9.96. The highest BCUT2D eigenvalue weighted by molar-refractivity contribution is 6.31. The van der Waals surface area contributed by atoms with Crippen molar-refractivity contribution in [1.29, 1.82) is 0 Å². The standard InChI is InChI=1S/C20H28ClFN4O2/c21-18-12-16(22)7-6-15(18)13-25-8-10-26(11-9-25)14-19(27)24-20(28)23-17-4-2-1-3-5-17/h6-7,12,17H,1-5,8-11,13-14H2,(H2,23,24,27,28). The molecule has 8 heteroatoms. The minimum Gasteiger partial charge on any atom is -0.335 e. The largest absolute Gasteiger partial charge is 0.335 e. The first kappa shape index (κ1) is 21.0. The number of carbonyl (C=O) groups is 2. The number of amides is 3. The summed E-state index contributed by atoms with van der Waals surface area (Å²) in [5, 5.41) is 5.77. The summed E-state index contributed by atoms with van der Waals surface area (Å²) >= 11 is 6.10. The Hall–Kier alpha value is -1.70. The smallest absolute Gasteiger partial charge is 0.321 e. The fraction of sp³-hybridized carbons (Fsp3) is 0.600. The molecule has 2 fully saturated rings. The van der Waals surface area contributed by atoms with Gasteiger partial charge >= 0.3 is 6.03 Å². The van der Waals surface area contributed by atoms with Gasteiger partial charge in [0.1, 0.15) is 5.82 Å². The van der Waals surface area contributed by atoms with Crippen LogP contribution in [-0.4, -0.2) is 60.5 Å². The third-order valence-corrected chi connectivity index (χ3v) is 5.79. The van der Waals surface area contributed by atoms with E-state index in [2.05, 4.69) is 15.5 Å². The Balaban J connectivity index is 1.36. The maximum Gasteiger partial charge on any atom is 0.321 e. The van der Waals surface area contributed by atoms with E-state index in [9.17, 15) is 14.0 Å². The number of nitrogens with zero attached hydrogens (tertiary/aromatic N) is 2. The van der Waals surface area contributed by atoms with Crippen LogP contribution in [0, 0.1) is 5.82 Å². The quantitative estimate of drug-likeness (QED) is 0.783. The van der Waals surface area contributed by atoms with Crippen LogP contribution in [-0.2, 0) is 11.3 Å². The number of hydrogen-bond acceptors (Lipinski definition) is 4. The van der Waals surface area contributed by atoms with Gasteiger partial charge < -0.3 is 5.32 Å². The molecule has 0 spiro atoms. The number of hydrogen-bond donors (Lipinski definition) is 2. The molecule has 1 aliphatic heterocycles. The summed E-state index contributed by atoms with van der Waals surface area (Å²) in [4.78, 5) is 28.4. The lowest BCUT2D eigenvalue weighted by Gasteiger charge is -2.34. The Kier molecular flexibility index (Phi) is 7.65. The van der Waals surface area contributed by atoms with E-state index in [-0.39, 0.29) is 30.3 Å². The second kappa shape index (κ2) is 10.2. The molecule has 0 radical (unpaired) electrons. The van der Waals surface area contributed by atoms with Gasteiger partial charge in [-0.2, -0.15) is 0 Å². The van der Waals surface area contributed by atoms with Gasteiger partial charge in [0, 0.05) is 43.8 Å². The molecular formula is C20H28ClFN4O2. The molecule has 3 rings (SSSR count). The monoisotopic (exact) mass is 410 g/mol. The number of benzene rings is 1. The second-order valence-electron chi connectivity index (χ2n) is 7.64. The highest BCUT2D eigenvalue weighted by atomic mass is 35.5. The third-order valence-electron chi connectivity index (χ3n) is 5.43. The molecule has 0 atom stereocenters. The first-order chi connectivity index (χ1) is 13.5. The van der Waals surface area contributed by atoms with Crippen LogP contribution in [0.15, 0.2) is 18.2 Å². The van der Waals surface area contributed by atoms with Crippen LogP contribution in [0.3, 0.4) is 0 Å². The van der Waals surface area contributed by atoms with Crippen molar-refractivity contribution in [3.8, 4) is 0 Å². The minimum absolute atomic E-state index is 0.184. The molecule has 154 valence electrons. The molecule has 3 amide bonds. The van der Waals surface area contributed by atoms with E-state index in [0.29, 0.717) is 11.6 Å². The van der Waals surface area contributed by atoms with Crippen LogP contribution >= 0.6 is 11.6 Å². The Bertz CT molecular complexity index is 689. The molecule has 0 bridgehead atoms. The highest BCUT2D eigenvalue weighted by Crippen LogP contribution is 2.20. The molecule has 1 heterocycles. The van der Waals surface area contributed by atoms with Gasteiger partial charge in [-0.15, -0.1) is 0 Å². The van der Waals surface area contributed by atoms with Gasteiger partial charge in [0.15, 0.2) is 0 Å². The normalized spacial score (nSPS) is 19.4. The first-order valence-electron chi connectivity index (χ1n) is 9.98. The number of nitrogens with one attached hydrogen (secondary N) is 2. The number of piperazine rings is 1. The molecule has 2 N–H and O–H groups in total. The molecule has 1 aromatic rings. The molecule has 28 heavy (non-hydrogen) atoms. The van der Waals surface area contributed by atoms with E-state index >= 15 is 0 Å². The predicted molar refractivity (Wildman–Crippen MR) is 107 cm³/mol. The molecule has 1 aliphatic carbocycles. The Morgan fingerprint density at radius 3 is 2.43 bits per heavy atom. The fourth-order valence-corrected chi connectivity index (χ4v) is 4.06. The van der Waals surface area contributed by atoms with Crippen molar-refractivity contribution in [2.24, 2.45) is 0 Å². The first-order valence-corrected chi connectivity index (χ1v) is 10.4. The van der Waals surface area contributed by atoms with Crippen LogP contribution in [0.2, 0.25) is 5.02 Å². The average molecular weight is 411 g/mol. The zero-order chi connectivity index (χ0) is 19.9. The van der Waals surface area contributed by atoms with E-state index in [1.807, 2.05) is 4.90 Å². The highest BCUT2D eigenvalue weighted by Gasteiger charge is 2.21. The van der Waals surface area contributed by atoms with Gasteiger partial charge in [-0.3, -0.25) is 19.9 Å². The van der Waals surface area contributed by atoms with Crippen LogP contribution in [0.1, 0.15) is 37.7 Å². The third kappa shape index (κ3) is 6.43. The van der Waals surface area contributed by atoms with Crippen molar-refractivity contribution in [2.45, 2.75) is 44.7 Å². The maximum absolute atomic E-state index is 13.1. The van der Waals surface area contributed by atoms with Crippen LogP contribution in [0.25, 0.3) is 0 Å². The fourth-order valence-electron chi connectivity index (χ4n) is 3.83. The zero-order valence-electron chi connectivity index (χ0n) is 16.1. The summed E-state index contributed by atoms with van der Waals surface area (Å²) in [7, 11) is 0. The Morgan fingerprint density at radius 1 is 1.07 bits per heavy atom. The second-order valence-corrected chi connectivity index (χ2v) is 8.05. The molecule has 6 nitrogen and oxygen atoms in total. The van der Waals surface area contributed by atoms with Crippen molar-refractivity contribution >= 4 is 23.5 Å². The van der Waals surface area contributed by atoms with Crippen LogP contribution < -0.4 is 10.6 Å². The summed E-state index contributed by atoms with van der Waals surface area (Å²) in [6, 6.07) is 4.25. The Morgan fingerprint density at radius 2 is 1.75 bits per heavy atom. The molecule has 0 unspecified atom stereocenters. The van der Waals surface area contributed by atoms with Crippen molar-refractivity contribution in [3.63, 3.8) is 0 Å². The van der Waals surface area contributed by atoms with Crippen molar-refractivity contribution in [1.82, 2.24) is 20.4 Å². The molecule has 1 saturated carbocycles. The number of urea groups is 1. The van der Waals surface area contributed by atoms with E-state index in [1.165, 1.54) is 18.6 Å². The summed E-state index contributed by atoms with van der Waals surface area (Å²) in [6.45, 7) is 3.91. The van der Waals surface area contributed by atoms with Crippen molar-refractivity contribution < 1.29 is 14.0 Å². The van der Waals surface area contributed by atoms with Gasteiger partial charge in [0.25, 0.3) is 0 Å². The van der Waals surface area contributed by atoms with Gasteiger partial charge in [-0.1, -0.05) is 36.9 Å². The van der Waals surface area contributed by atoms with Crippen LogP contribution in [0.4, 0.5) is 9.18 Å². The molecule has 1 saturated heterocycles. The van der Waals surface area contributed by atoms with E-state index in [0.717, 1.165) is 57.4 Å². The summed E-state index contributed by atoms with van der Waals surface area (Å²) in [5.74, 6) is -0.611. The van der Waals surface area contributed by atoms with Gasteiger partial charge in [0.2, 0.25) is 5.91 Å². The lowest BCUT2D eigenvalue weighted by molar-refractivity contribution is -0.121. The topological polar surface area (TPSA) is 64.7 Å². The van der Waals surface area contributed by atoms with Gasteiger partial charge in [-0.25, -0.2) is 9.18 Å². The molecular weight excluding hydrogens is 383 g/mol. The maximum atomic E-state index is 13.1. The Labute approximate surface area is 170 Å². The van der Waals surface area contributed by atoms with Crippen molar-refractivity contribution in [3.05, 3.63) is 34.6 Å². The van der Waals surface area contributed by atoms with E-state index in [1.54, 1.807) is 6.07 Å². The van der Waals surface area contributed by atoms with Gasteiger partial charge in [-0.05, 0) is 30.5 Å². The number of imide groups is 1. The van der Waals surface area contributed by atoms with E-state index < -0.39 is 0 Å². The minimum atomic E-state index is -0.388. The SMILES string of the molecule is O=C(CN1CCN(Cc2ccc(F)cc2Cl)CC1)NC(=O)NC1CCCCC1.